The minimum Gasteiger partial charge on any atom is -0.295 e. The zero-order valence-electron chi connectivity index (χ0n) is 9.32. The highest BCUT2D eigenvalue weighted by Crippen LogP contribution is 2.11. The van der Waals surface area contributed by atoms with Crippen molar-refractivity contribution in [1.82, 2.24) is 9.21 Å². The summed E-state index contributed by atoms with van der Waals surface area (Å²) in [4.78, 5) is 2.03. The number of alkyl halides is 1. The molecular formula is C9H19FN2O2S. The maximum absolute atomic E-state index is 12.6. The summed E-state index contributed by atoms with van der Waals surface area (Å²) in [5, 5.41) is 0. The van der Waals surface area contributed by atoms with Crippen LogP contribution < -0.4 is 0 Å². The zero-order valence-corrected chi connectivity index (χ0v) is 10.1. The number of sulfonamides is 1. The molecule has 0 N–H and O–H groups in total. The predicted octanol–water partition coefficient (Wildman–Crippen LogP) is 0.312. The van der Waals surface area contributed by atoms with Crippen molar-refractivity contribution in [2.75, 3.05) is 39.1 Å². The molecule has 0 aliphatic carbocycles. The first-order valence-corrected chi connectivity index (χ1v) is 7.09. The third kappa shape index (κ3) is 3.39. The van der Waals surface area contributed by atoms with Crippen molar-refractivity contribution in [3.05, 3.63) is 0 Å². The first-order chi connectivity index (χ1) is 6.99. The number of piperazine rings is 1. The number of halogens is 1. The van der Waals surface area contributed by atoms with Gasteiger partial charge in [-0.2, -0.15) is 4.31 Å². The summed E-state index contributed by atoms with van der Waals surface area (Å²) in [7, 11) is -3.08. The van der Waals surface area contributed by atoms with Gasteiger partial charge in [-0.3, -0.25) is 4.90 Å². The van der Waals surface area contributed by atoms with Gasteiger partial charge in [0.2, 0.25) is 10.0 Å². The molecule has 6 heteroatoms. The van der Waals surface area contributed by atoms with Gasteiger partial charge < -0.3 is 0 Å². The van der Waals surface area contributed by atoms with Crippen LogP contribution in [0.5, 0.6) is 0 Å². The molecule has 1 aliphatic rings. The van der Waals surface area contributed by atoms with E-state index in [-0.39, 0.29) is 12.7 Å². The van der Waals surface area contributed by atoms with Gasteiger partial charge in [-0.05, 0) is 6.42 Å². The Bertz CT molecular complexity index is 282. The van der Waals surface area contributed by atoms with E-state index in [9.17, 15) is 12.8 Å². The Labute approximate surface area is 91.1 Å². The summed E-state index contributed by atoms with van der Waals surface area (Å²) in [5.74, 6) is 0. The van der Waals surface area contributed by atoms with Crippen molar-refractivity contribution in [3.63, 3.8) is 0 Å². The monoisotopic (exact) mass is 238 g/mol. The predicted molar refractivity (Wildman–Crippen MR) is 58.0 cm³/mol. The van der Waals surface area contributed by atoms with E-state index in [2.05, 4.69) is 0 Å². The summed E-state index contributed by atoms with van der Waals surface area (Å²) in [5.41, 5.74) is 0. The molecule has 0 aromatic heterocycles. The SMILES string of the molecule is CCC(CF)N1CCN(S(C)(=O)=O)CC1. The molecule has 0 amide bonds. The smallest absolute Gasteiger partial charge is 0.211 e. The van der Waals surface area contributed by atoms with Crippen LogP contribution in [0, 0.1) is 0 Å². The van der Waals surface area contributed by atoms with Crippen LogP contribution in [-0.4, -0.2) is 62.8 Å². The summed E-state index contributed by atoms with van der Waals surface area (Å²) in [6, 6.07) is -0.0493. The Kier molecular flexibility index (Phi) is 4.48. The lowest BCUT2D eigenvalue weighted by atomic mass is 10.2. The largest absolute Gasteiger partial charge is 0.295 e. The van der Waals surface area contributed by atoms with Crippen LogP contribution in [0.25, 0.3) is 0 Å². The van der Waals surface area contributed by atoms with E-state index >= 15 is 0 Å². The molecule has 0 saturated carbocycles. The molecule has 1 atom stereocenters. The third-order valence-corrected chi connectivity index (χ3v) is 4.21. The van der Waals surface area contributed by atoms with Crippen LogP contribution >= 0.6 is 0 Å². The highest BCUT2D eigenvalue weighted by molar-refractivity contribution is 7.88. The van der Waals surface area contributed by atoms with Crippen molar-refractivity contribution in [3.8, 4) is 0 Å². The number of rotatable bonds is 4. The van der Waals surface area contributed by atoms with Crippen LogP contribution in [0.2, 0.25) is 0 Å². The first kappa shape index (κ1) is 12.9. The third-order valence-electron chi connectivity index (χ3n) is 2.91. The average molecular weight is 238 g/mol. The molecule has 0 aromatic carbocycles. The molecule has 0 spiro atoms. The molecule has 1 unspecified atom stereocenters. The van der Waals surface area contributed by atoms with E-state index in [1.807, 2.05) is 11.8 Å². The summed E-state index contributed by atoms with van der Waals surface area (Å²) < 4.78 is 36.5. The quantitative estimate of drug-likeness (QED) is 0.708. The fraction of sp³-hybridized carbons (Fsp3) is 1.00. The molecule has 1 saturated heterocycles. The molecule has 1 rings (SSSR count). The van der Waals surface area contributed by atoms with Crippen LogP contribution in [0.15, 0.2) is 0 Å². The Balaban J connectivity index is 2.49. The average Bonchev–Trinajstić information content (AvgIpc) is 2.19. The second-order valence-electron chi connectivity index (χ2n) is 3.91. The Morgan fingerprint density at radius 3 is 2.13 bits per heavy atom. The van der Waals surface area contributed by atoms with E-state index < -0.39 is 10.0 Å². The van der Waals surface area contributed by atoms with Crippen LogP contribution in [-0.2, 0) is 10.0 Å². The number of hydrogen-bond acceptors (Lipinski definition) is 3. The summed E-state index contributed by atoms with van der Waals surface area (Å²) in [6.45, 7) is 3.83. The van der Waals surface area contributed by atoms with Crippen molar-refractivity contribution in [2.24, 2.45) is 0 Å². The van der Waals surface area contributed by atoms with E-state index in [1.165, 1.54) is 10.6 Å². The molecule has 4 nitrogen and oxygen atoms in total. The molecule has 0 radical (unpaired) electrons. The van der Waals surface area contributed by atoms with Crippen molar-refractivity contribution in [1.29, 1.82) is 0 Å². The molecule has 1 heterocycles. The lowest BCUT2D eigenvalue weighted by Crippen LogP contribution is -2.52. The van der Waals surface area contributed by atoms with E-state index in [0.717, 1.165) is 6.42 Å². The normalized spacial score (nSPS) is 22.9. The second-order valence-corrected chi connectivity index (χ2v) is 5.90. The van der Waals surface area contributed by atoms with Crippen molar-refractivity contribution >= 4 is 10.0 Å². The Morgan fingerprint density at radius 2 is 1.80 bits per heavy atom. The number of nitrogens with zero attached hydrogens (tertiary/aromatic N) is 2. The fourth-order valence-electron chi connectivity index (χ4n) is 1.87. The van der Waals surface area contributed by atoms with Crippen LogP contribution in [0.4, 0.5) is 4.39 Å². The van der Waals surface area contributed by atoms with Gasteiger partial charge >= 0.3 is 0 Å². The van der Waals surface area contributed by atoms with Gasteiger partial charge in [-0.25, -0.2) is 12.8 Å². The molecule has 0 aromatic rings. The lowest BCUT2D eigenvalue weighted by Gasteiger charge is -2.36. The Hall–Kier alpha value is -0.200. The summed E-state index contributed by atoms with van der Waals surface area (Å²) >= 11 is 0. The van der Waals surface area contributed by atoms with Crippen molar-refractivity contribution < 1.29 is 12.8 Å². The highest BCUT2D eigenvalue weighted by Gasteiger charge is 2.26. The van der Waals surface area contributed by atoms with Gasteiger partial charge in [0.15, 0.2) is 0 Å². The Morgan fingerprint density at radius 1 is 1.27 bits per heavy atom. The maximum Gasteiger partial charge on any atom is 0.211 e. The minimum absolute atomic E-state index is 0.0493. The highest BCUT2D eigenvalue weighted by atomic mass is 32.2. The van der Waals surface area contributed by atoms with Crippen molar-refractivity contribution in [2.45, 2.75) is 19.4 Å². The molecule has 1 aliphatic heterocycles. The number of hydrogen-bond donors (Lipinski definition) is 0. The van der Waals surface area contributed by atoms with Gasteiger partial charge in [0, 0.05) is 32.2 Å². The van der Waals surface area contributed by atoms with Gasteiger partial charge in [-0.15, -0.1) is 0 Å². The molecular weight excluding hydrogens is 219 g/mol. The van der Waals surface area contributed by atoms with E-state index in [4.69, 9.17) is 0 Å². The van der Waals surface area contributed by atoms with E-state index in [1.54, 1.807) is 0 Å². The van der Waals surface area contributed by atoms with E-state index in [0.29, 0.717) is 26.2 Å². The molecule has 1 fully saturated rings. The van der Waals surface area contributed by atoms with Crippen LogP contribution in [0.3, 0.4) is 0 Å². The first-order valence-electron chi connectivity index (χ1n) is 5.24. The van der Waals surface area contributed by atoms with Gasteiger partial charge in [0.1, 0.15) is 6.67 Å². The second kappa shape index (κ2) is 5.23. The topological polar surface area (TPSA) is 40.6 Å². The van der Waals surface area contributed by atoms with Gasteiger partial charge in [0.05, 0.1) is 6.26 Å². The molecule has 0 bridgehead atoms. The van der Waals surface area contributed by atoms with Gasteiger partial charge in [-0.1, -0.05) is 6.92 Å². The standard InChI is InChI=1S/C9H19FN2O2S/c1-3-9(8-10)11-4-6-12(7-5-11)15(2,13)14/h9H,3-8H2,1-2H3. The lowest BCUT2D eigenvalue weighted by molar-refractivity contribution is 0.115. The fourth-order valence-corrected chi connectivity index (χ4v) is 2.69. The van der Waals surface area contributed by atoms with Crippen LogP contribution in [0.1, 0.15) is 13.3 Å². The summed E-state index contributed by atoms with van der Waals surface area (Å²) in [6.07, 6.45) is 1.99. The molecule has 90 valence electrons. The maximum atomic E-state index is 12.6. The van der Waals surface area contributed by atoms with Gasteiger partial charge in [0.25, 0.3) is 0 Å². The zero-order chi connectivity index (χ0) is 11.5. The molecule has 15 heavy (non-hydrogen) atoms. The minimum atomic E-state index is -3.08.